The van der Waals surface area contributed by atoms with Crippen molar-refractivity contribution >= 4 is 11.9 Å². The number of carbonyl (C=O) groups is 2. The summed E-state index contributed by atoms with van der Waals surface area (Å²) in [5.41, 5.74) is 9.34. The highest BCUT2D eigenvalue weighted by Gasteiger charge is 2.28. The molecular weight excluding hydrogens is 412 g/mol. The Morgan fingerprint density at radius 3 is 2.00 bits per heavy atom. The second kappa shape index (κ2) is 10.8. The van der Waals surface area contributed by atoms with Gasteiger partial charge in [-0.2, -0.15) is 0 Å². The molecule has 3 aromatic rings. The Morgan fingerprint density at radius 1 is 0.818 bits per heavy atom. The summed E-state index contributed by atoms with van der Waals surface area (Å²) in [7, 11) is 0. The van der Waals surface area contributed by atoms with E-state index in [9.17, 15) is 9.59 Å². The zero-order valence-corrected chi connectivity index (χ0v) is 18.7. The van der Waals surface area contributed by atoms with Gasteiger partial charge in [-0.1, -0.05) is 72.8 Å². The maximum absolute atomic E-state index is 12.7. The van der Waals surface area contributed by atoms with E-state index in [2.05, 4.69) is 58.7 Å². The van der Waals surface area contributed by atoms with Gasteiger partial charge in [0.15, 0.2) is 0 Å². The lowest BCUT2D eigenvalue weighted by molar-refractivity contribution is 0.1000. The number of nitrogens with one attached hydrogen (secondary N) is 1. The Balaban J connectivity index is 1.32. The van der Waals surface area contributed by atoms with Gasteiger partial charge in [0, 0.05) is 38.3 Å². The molecule has 0 atom stereocenters. The van der Waals surface area contributed by atoms with Crippen LogP contribution in [0.25, 0.3) is 0 Å². The van der Waals surface area contributed by atoms with E-state index in [1.165, 1.54) is 11.1 Å². The molecule has 33 heavy (non-hydrogen) atoms. The summed E-state index contributed by atoms with van der Waals surface area (Å²) in [5, 5.41) is 3.01. The van der Waals surface area contributed by atoms with Crippen LogP contribution in [0, 0.1) is 0 Å². The second-order valence-electron chi connectivity index (χ2n) is 8.29. The quantitative estimate of drug-likeness (QED) is 0.588. The third-order valence-corrected chi connectivity index (χ3v) is 6.10. The van der Waals surface area contributed by atoms with Crippen LogP contribution in [0.2, 0.25) is 0 Å². The highest BCUT2D eigenvalue weighted by Crippen LogP contribution is 2.29. The fraction of sp³-hybridized carbons (Fsp3) is 0.259. The predicted molar refractivity (Wildman–Crippen MR) is 130 cm³/mol. The van der Waals surface area contributed by atoms with Gasteiger partial charge in [-0.3, -0.25) is 9.69 Å². The van der Waals surface area contributed by atoms with Gasteiger partial charge in [0.25, 0.3) is 0 Å². The van der Waals surface area contributed by atoms with E-state index in [4.69, 9.17) is 5.73 Å². The molecule has 1 aliphatic rings. The Hall–Kier alpha value is -3.64. The highest BCUT2D eigenvalue weighted by molar-refractivity contribution is 5.92. The number of nitrogens with zero attached hydrogens (tertiary/aromatic N) is 2. The van der Waals surface area contributed by atoms with Crippen molar-refractivity contribution < 1.29 is 9.59 Å². The first-order valence-electron chi connectivity index (χ1n) is 11.4. The highest BCUT2D eigenvalue weighted by atomic mass is 16.2. The molecule has 0 saturated carbocycles. The van der Waals surface area contributed by atoms with E-state index in [-0.39, 0.29) is 12.1 Å². The Labute approximate surface area is 195 Å². The van der Waals surface area contributed by atoms with E-state index < -0.39 is 5.91 Å². The maximum Gasteiger partial charge on any atom is 0.317 e. The van der Waals surface area contributed by atoms with Crippen LogP contribution in [0.4, 0.5) is 4.79 Å². The minimum Gasteiger partial charge on any atom is -0.366 e. The number of carbonyl (C=O) groups excluding carboxylic acids is 2. The molecule has 0 radical (unpaired) electrons. The van der Waals surface area contributed by atoms with E-state index in [0.29, 0.717) is 31.6 Å². The van der Waals surface area contributed by atoms with Gasteiger partial charge in [-0.05, 0) is 35.2 Å². The van der Waals surface area contributed by atoms with E-state index >= 15 is 0 Å². The number of amides is 3. The van der Waals surface area contributed by atoms with Crippen molar-refractivity contribution in [3.63, 3.8) is 0 Å². The number of urea groups is 1. The zero-order chi connectivity index (χ0) is 23.0. The number of primary amides is 1. The number of hydrogen-bond donors (Lipinski definition) is 2. The van der Waals surface area contributed by atoms with E-state index in [1.54, 1.807) is 12.1 Å². The van der Waals surface area contributed by atoms with Crippen molar-refractivity contribution in [2.75, 3.05) is 32.7 Å². The van der Waals surface area contributed by atoms with Gasteiger partial charge in [-0.25, -0.2) is 4.79 Å². The van der Waals surface area contributed by atoms with Crippen molar-refractivity contribution in [1.82, 2.24) is 15.1 Å². The SMILES string of the molecule is NC(=O)c1cccc(CCNC(=O)N2CCN(C(c3ccccc3)c3ccccc3)CC2)c1. The average molecular weight is 443 g/mol. The normalized spacial score (nSPS) is 14.3. The summed E-state index contributed by atoms with van der Waals surface area (Å²) in [6, 6.07) is 28.4. The summed E-state index contributed by atoms with van der Waals surface area (Å²) in [4.78, 5) is 28.4. The molecule has 6 nitrogen and oxygen atoms in total. The molecule has 0 aromatic heterocycles. The van der Waals surface area contributed by atoms with Crippen molar-refractivity contribution in [3.8, 4) is 0 Å². The molecule has 1 fully saturated rings. The standard InChI is InChI=1S/C27H30N4O2/c28-26(32)24-13-7-8-21(20-24)14-15-29-27(33)31-18-16-30(17-19-31)25(22-9-3-1-4-10-22)23-11-5-2-6-12-23/h1-13,20,25H,14-19H2,(H2,28,32)(H,29,33). The van der Waals surface area contributed by atoms with Crippen molar-refractivity contribution in [3.05, 3.63) is 107 Å². The molecule has 3 amide bonds. The Bertz CT molecular complexity index is 1020. The molecule has 3 aromatic carbocycles. The molecular formula is C27H30N4O2. The van der Waals surface area contributed by atoms with Crippen LogP contribution in [-0.2, 0) is 6.42 Å². The van der Waals surface area contributed by atoms with Crippen molar-refractivity contribution in [2.45, 2.75) is 12.5 Å². The van der Waals surface area contributed by atoms with Crippen LogP contribution in [0.3, 0.4) is 0 Å². The first kappa shape index (κ1) is 22.6. The lowest BCUT2D eigenvalue weighted by Crippen LogP contribution is -2.52. The first-order chi connectivity index (χ1) is 16.1. The van der Waals surface area contributed by atoms with Crippen molar-refractivity contribution in [2.24, 2.45) is 5.73 Å². The topological polar surface area (TPSA) is 78.7 Å². The van der Waals surface area contributed by atoms with Crippen LogP contribution >= 0.6 is 0 Å². The smallest absolute Gasteiger partial charge is 0.317 e. The minimum absolute atomic E-state index is 0.0447. The fourth-order valence-corrected chi connectivity index (χ4v) is 4.37. The van der Waals surface area contributed by atoms with Crippen LogP contribution in [0.1, 0.15) is 33.1 Å². The molecule has 0 unspecified atom stereocenters. The van der Waals surface area contributed by atoms with Gasteiger partial charge in [0.1, 0.15) is 0 Å². The largest absolute Gasteiger partial charge is 0.366 e. The molecule has 6 heteroatoms. The molecule has 3 N–H and O–H groups in total. The predicted octanol–water partition coefficient (Wildman–Crippen LogP) is 3.44. The van der Waals surface area contributed by atoms with Gasteiger partial charge >= 0.3 is 6.03 Å². The monoisotopic (exact) mass is 442 g/mol. The molecule has 0 bridgehead atoms. The molecule has 1 heterocycles. The summed E-state index contributed by atoms with van der Waals surface area (Å²) < 4.78 is 0. The average Bonchev–Trinajstić information content (AvgIpc) is 2.86. The van der Waals surface area contributed by atoms with Crippen LogP contribution in [0.15, 0.2) is 84.9 Å². The molecule has 1 aliphatic heterocycles. The van der Waals surface area contributed by atoms with Gasteiger partial charge < -0.3 is 16.0 Å². The molecule has 4 rings (SSSR count). The van der Waals surface area contributed by atoms with Crippen molar-refractivity contribution in [1.29, 1.82) is 0 Å². The molecule has 170 valence electrons. The van der Waals surface area contributed by atoms with Crippen LogP contribution in [0.5, 0.6) is 0 Å². The van der Waals surface area contributed by atoms with Gasteiger partial charge in [0.2, 0.25) is 5.91 Å². The van der Waals surface area contributed by atoms with Gasteiger partial charge in [-0.15, -0.1) is 0 Å². The number of benzene rings is 3. The maximum atomic E-state index is 12.7. The summed E-state index contributed by atoms with van der Waals surface area (Å²) in [6.45, 7) is 3.49. The first-order valence-corrected chi connectivity index (χ1v) is 11.4. The van der Waals surface area contributed by atoms with E-state index in [1.807, 2.05) is 29.2 Å². The molecule has 0 spiro atoms. The van der Waals surface area contributed by atoms with Crippen LogP contribution in [-0.4, -0.2) is 54.5 Å². The minimum atomic E-state index is -0.442. The number of piperazine rings is 1. The molecule has 0 aliphatic carbocycles. The zero-order valence-electron chi connectivity index (χ0n) is 18.7. The fourth-order valence-electron chi connectivity index (χ4n) is 4.37. The molecule has 1 saturated heterocycles. The van der Waals surface area contributed by atoms with E-state index in [0.717, 1.165) is 18.7 Å². The number of rotatable bonds is 7. The summed E-state index contributed by atoms with van der Waals surface area (Å²) in [5.74, 6) is -0.442. The summed E-state index contributed by atoms with van der Waals surface area (Å²) >= 11 is 0. The summed E-state index contributed by atoms with van der Waals surface area (Å²) in [6.07, 6.45) is 0.650. The lowest BCUT2D eigenvalue weighted by Gasteiger charge is -2.39. The Kier molecular flexibility index (Phi) is 7.37. The van der Waals surface area contributed by atoms with Gasteiger partial charge in [0.05, 0.1) is 6.04 Å². The van der Waals surface area contributed by atoms with Crippen LogP contribution < -0.4 is 11.1 Å². The second-order valence-corrected chi connectivity index (χ2v) is 8.29. The number of hydrogen-bond acceptors (Lipinski definition) is 3. The Morgan fingerprint density at radius 2 is 1.42 bits per heavy atom. The number of nitrogens with two attached hydrogens (primary N) is 1. The third kappa shape index (κ3) is 5.79. The lowest BCUT2D eigenvalue weighted by atomic mass is 9.96. The third-order valence-electron chi connectivity index (χ3n) is 6.10.